The minimum atomic E-state index is 0.663. The molecule has 84 valence electrons. The molecule has 1 aromatic heterocycles. The summed E-state index contributed by atoms with van der Waals surface area (Å²) in [5, 5.41) is 1.10. The lowest BCUT2D eigenvalue weighted by Gasteiger charge is -1.96. The first-order valence-corrected chi connectivity index (χ1v) is 6.17. The Hall–Kier alpha value is -1.42. The monoisotopic (exact) mass is 233 g/mol. The molecule has 0 fully saturated rings. The molecule has 0 aliphatic rings. The Bertz CT molecular complexity index is 528. The first-order valence-electron chi connectivity index (χ1n) is 5.39. The highest BCUT2D eigenvalue weighted by Gasteiger charge is 2.05. The van der Waals surface area contributed by atoms with Crippen molar-refractivity contribution < 1.29 is 0 Å². The predicted molar refractivity (Wildman–Crippen MR) is 70.5 cm³/mol. The summed E-state index contributed by atoms with van der Waals surface area (Å²) in [7, 11) is 0. The summed E-state index contributed by atoms with van der Waals surface area (Å²) in [6.45, 7) is 4.16. The summed E-state index contributed by atoms with van der Waals surface area (Å²) in [5.41, 5.74) is 7.04. The maximum Gasteiger partial charge on any atom is 0.175 e. The van der Waals surface area contributed by atoms with Gasteiger partial charge in [-0.1, -0.05) is 18.6 Å². The Morgan fingerprint density at radius 3 is 3.06 bits per heavy atom. The zero-order valence-corrected chi connectivity index (χ0v) is 10.3. The second-order valence-corrected chi connectivity index (χ2v) is 4.66. The summed E-state index contributed by atoms with van der Waals surface area (Å²) in [6.07, 6.45) is 1.83. The van der Waals surface area contributed by atoms with Crippen molar-refractivity contribution in [2.24, 2.45) is 10.7 Å². The van der Waals surface area contributed by atoms with E-state index in [0.29, 0.717) is 5.84 Å². The van der Waals surface area contributed by atoms with Crippen LogP contribution in [0.2, 0.25) is 0 Å². The van der Waals surface area contributed by atoms with Gasteiger partial charge in [0.15, 0.2) is 5.82 Å². The molecule has 0 atom stereocenters. The maximum absolute atomic E-state index is 5.82. The van der Waals surface area contributed by atoms with E-state index in [1.165, 1.54) is 17.1 Å². The van der Waals surface area contributed by atoms with Crippen molar-refractivity contribution in [3.63, 3.8) is 0 Å². The van der Waals surface area contributed by atoms with Gasteiger partial charge in [0.2, 0.25) is 0 Å². The molecule has 2 N–H and O–H groups in total. The van der Waals surface area contributed by atoms with E-state index < -0.39 is 0 Å². The first-order chi connectivity index (χ1) is 7.70. The molecule has 4 heteroatoms. The Morgan fingerprint density at radius 2 is 2.31 bits per heavy atom. The lowest BCUT2D eigenvalue weighted by atomic mass is 10.2. The minimum Gasteiger partial charge on any atom is -0.387 e. The molecular formula is C12H15N3S. The molecule has 1 aromatic carbocycles. The van der Waals surface area contributed by atoms with Crippen LogP contribution in [0.1, 0.15) is 25.3 Å². The molecular weight excluding hydrogens is 218 g/mol. The number of fused-ring (bicyclic) bond motifs is 1. The zero-order valence-electron chi connectivity index (χ0n) is 9.53. The molecule has 0 unspecified atom stereocenters. The Morgan fingerprint density at radius 1 is 1.50 bits per heavy atom. The van der Waals surface area contributed by atoms with Crippen LogP contribution in [0.15, 0.2) is 23.2 Å². The molecule has 0 aliphatic carbocycles. The molecule has 2 rings (SSSR count). The lowest BCUT2D eigenvalue weighted by Crippen LogP contribution is -2.09. The second kappa shape index (κ2) is 4.61. The van der Waals surface area contributed by atoms with Gasteiger partial charge in [-0.3, -0.25) is 0 Å². The fraction of sp³-hybridized carbons (Fsp3) is 0.333. The number of nitrogens with two attached hydrogens (primary N) is 1. The van der Waals surface area contributed by atoms with Gasteiger partial charge in [0.1, 0.15) is 5.84 Å². The SMILES string of the molecule is CCCC(N)=Nc1nsc2ccc(C)cc12. The number of aromatic nitrogens is 1. The number of aryl methyl sites for hydroxylation is 1. The van der Waals surface area contributed by atoms with E-state index in [2.05, 4.69) is 41.4 Å². The van der Waals surface area contributed by atoms with Gasteiger partial charge in [0.25, 0.3) is 0 Å². The number of benzene rings is 1. The van der Waals surface area contributed by atoms with Gasteiger partial charge >= 0.3 is 0 Å². The molecule has 0 saturated carbocycles. The van der Waals surface area contributed by atoms with Crippen LogP contribution >= 0.6 is 11.5 Å². The van der Waals surface area contributed by atoms with E-state index in [1.54, 1.807) is 0 Å². The third-order valence-electron chi connectivity index (χ3n) is 2.36. The van der Waals surface area contributed by atoms with Crippen LogP contribution in [0.25, 0.3) is 10.1 Å². The largest absolute Gasteiger partial charge is 0.387 e. The van der Waals surface area contributed by atoms with E-state index in [9.17, 15) is 0 Å². The van der Waals surface area contributed by atoms with Crippen LogP contribution in [-0.2, 0) is 0 Å². The van der Waals surface area contributed by atoms with E-state index in [4.69, 9.17) is 5.73 Å². The molecule has 0 saturated heterocycles. The van der Waals surface area contributed by atoms with Crippen LogP contribution in [0.5, 0.6) is 0 Å². The van der Waals surface area contributed by atoms with Crippen LogP contribution in [0, 0.1) is 6.92 Å². The Kier molecular flexibility index (Phi) is 3.19. The second-order valence-electron chi connectivity index (χ2n) is 3.86. The van der Waals surface area contributed by atoms with Crippen LogP contribution in [0.4, 0.5) is 5.82 Å². The quantitative estimate of drug-likeness (QED) is 0.652. The molecule has 2 aromatic rings. The Labute approximate surface area is 99.2 Å². The molecule has 0 spiro atoms. The normalized spacial score (nSPS) is 12.2. The number of nitrogens with zero attached hydrogens (tertiary/aromatic N) is 2. The van der Waals surface area contributed by atoms with Crippen LogP contribution in [-0.4, -0.2) is 10.2 Å². The molecule has 0 aliphatic heterocycles. The van der Waals surface area contributed by atoms with Crippen molar-refractivity contribution in [3.8, 4) is 0 Å². The van der Waals surface area contributed by atoms with Gasteiger partial charge in [-0.15, -0.1) is 0 Å². The summed E-state index contributed by atoms with van der Waals surface area (Å²) in [6, 6.07) is 6.28. The highest BCUT2D eigenvalue weighted by Crippen LogP contribution is 2.29. The van der Waals surface area contributed by atoms with Gasteiger partial charge in [-0.25, -0.2) is 4.99 Å². The van der Waals surface area contributed by atoms with E-state index >= 15 is 0 Å². The smallest absolute Gasteiger partial charge is 0.175 e. The van der Waals surface area contributed by atoms with Crippen molar-refractivity contribution in [2.45, 2.75) is 26.7 Å². The first kappa shape index (κ1) is 11.1. The van der Waals surface area contributed by atoms with Gasteiger partial charge < -0.3 is 5.73 Å². The van der Waals surface area contributed by atoms with Crippen molar-refractivity contribution in [3.05, 3.63) is 23.8 Å². The molecule has 1 heterocycles. The predicted octanol–water partition coefficient (Wildman–Crippen LogP) is 3.39. The molecule has 0 radical (unpaired) electrons. The zero-order chi connectivity index (χ0) is 11.5. The number of amidine groups is 1. The standard InChI is InChI=1S/C12H15N3S/c1-3-4-11(13)14-12-9-7-8(2)5-6-10(9)16-15-12/h5-7H,3-4H2,1-2H3,(H2,13,14,15). The van der Waals surface area contributed by atoms with Crippen molar-refractivity contribution >= 4 is 33.3 Å². The molecule has 0 bridgehead atoms. The third kappa shape index (κ3) is 2.22. The number of rotatable bonds is 3. The fourth-order valence-electron chi connectivity index (χ4n) is 1.57. The molecule has 0 amide bonds. The number of hydrogen-bond acceptors (Lipinski definition) is 3. The third-order valence-corrected chi connectivity index (χ3v) is 3.18. The van der Waals surface area contributed by atoms with Crippen molar-refractivity contribution in [1.29, 1.82) is 0 Å². The molecule has 3 nitrogen and oxygen atoms in total. The number of hydrogen-bond donors (Lipinski definition) is 1. The fourth-order valence-corrected chi connectivity index (χ4v) is 2.27. The number of aliphatic imine (C=N–C) groups is 1. The summed E-state index contributed by atoms with van der Waals surface area (Å²) in [5.74, 6) is 1.42. The maximum atomic E-state index is 5.82. The van der Waals surface area contributed by atoms with E-state index in [0.717, 1.165) is 28.7 Å². The average Bonchev–Trinajstić information content (AvgIpc) is 2.61. The summed E-state index contributed by atoms with van der Waals surface area (Å²) in [4.78, 5) is 4.37. The van der Waals surface area contributed by atoms with Gasteiger partial charge in [-0.05, 0) is 37.0 Å². The van der Waals surface area contributed by atoms with Crippen molar-refractivity contribution in [2.75, 3.05) is 0 Å². The van der Waals surface area contributed by atoms with E-state index in [-0.39, 0.29) is 0 Å². The highest BCUT2D eigenvalue weighted by molar-refractivity contribution is 7.13. The van der Waals surface area contributed by atoms with Crippen molar-refractivity contribution in [1.82, 2.24) is 4.37 Å². The summed E-state index contributed by atoms with van der Waals surface area (Å²) < 4.78 is 5.49. The topological polar surface area (TPSA) is 51.3 Å². The Balaban J connectivity index is 2.45. The van der Waals surface area contributed by atoms with Crippen LogP contribution in [0.3, 0.4) is 0 Å². The van der Waals surface area contributed by atoms with Crippen LogP contribution < -0.4 is 5.73 Å². The average molecular weight is 233 g/mol. The highest BCUT2D eigenvalue weighted by atomic mass is 32.1. The van der Waals surface area contributed by atoms with E-state index in [1.807, 2.05) is 0 Å². The van der Waals surface area contributed by atoms with Gasteiger partial charge in [-0.2, -0.15) is 4.37 Å². The minimum absolute atomic E-state index is 0.663. The lowest BCUT2D eigenvalue weighted by molar-refractivity contribution is 0.982. The molecule has 16 heavy (non-hydrogen) atoms. The van der Waals surface area contributed by atoms with Gasteiger partial charge in [0, 0.05) is 11.8 Å². The summed E-state index contributed by atoms with van der Waals surface area (Å²) >= 11 is 1.47. The van der Waals surface area contributed by atoms with Gasteiger partial charge in [0.05, 0.1) is 4.70 Å².